The average molecular weight is 266 g/mol. The van der Waals surface area contributed by atoms with Gasteiger partial charge in [0.05, 0.1) is 12.0 Å². The van der Waals surface area contributed by atoms with E-state index >= 15 is 0 Å². The van der Waals surface area contributed by atoms with Crippen molar-refractivity contribution in [2.75, 3.05) is 0 Å². The van der Waals surface area contributed by atoms with Crippen molar-refractivity contribution in [1.29, 1.82) is 0 Å². The summed E-state index contributed by atoms with van der Waals surface area (Å²) in [5.74, 6) is 0.725. The molecule has 1 atom stereocenters. The molecule has 6 heteroatoms. The molecule has 1 saturated carbocycles. The van der Waals surface area contributed by atoms with Gasteiger partial charge in [0.15, 0.2) is 5.82 Å². The van der Waals surface area contributed by atoms with Crippen molar-refractivity contribution in [3.8, 4) is 0 Å². The Morgan fingerprint density at radius 2 is 2.00 bits per heavy atom. The number of carboxylic acids is 1. The summed E-state index contributed by atoms with van der Waals surface area (Å²) in [4.78, 5) is 11.6. The number of hydrogen-bond acceptors (Lipinski definition) is 4. The predicted molar refractivity (Wildman–Crippen MR) is 69.6 cm³/mol. The molecule has 106 valence electrons. The first-order valence-electron chi connectivity index (χ1n) is 6.96. The van der Waals surface area contributed by atoms with Gasteiger partial charge in [0.1, 0.15) is 0 Å². The van der Waals surface area contributed by atoms with Crippen molar-refractivity contribution in [3.05, 3.63) is 5.82 Å². The van der Waals surface area contributed by atoms with Gasteiger partial charge in [-0.25, -0.2) is 4.68 Å². The average Bonchev–Trinajstić information content (AvgIpc) is 2.98. The van der Waals surface area contributed by atoms with E-state index in [0.29, 0.717) is 12.5 Å². The fourth-order valence-electron chi connectivity index (χ4n) is 2.73. The Bertz CT molecular complexity index is 449. The molecule has 6 nitrogen and oxygen atoms in total. The zero-order valence-electron chi connectivity index (χ0n) is 11.8. The van der Waals surface area contributed by atoms with Crippen LogP contribution >= 0.6 is 0 Å². The second-order valence-corrected chi connectivity index (χ2v) is 6.02. The minimum absolute atomic E-state index is 0.224. The Hall–Kier alpha value is -1.46. The van der Waals surface area contributed by atoms with Gasteiger partial charge < -0.3 is 5.11 Å². The monoisotopic (exact) mass is 266 g/mol. The van der Waals surface area contributed by atoms with Gasteiger partial charge in [-0.15, -0.1) is 5.10 Å². The first kappa shape index (κ1) is 14.0. The zero-order chi connectivity index (χ0) is 14.0. The summed E-state index contributed by atoms with van der Waals surface area (Å²) in [7, 11) is 0. The van der Waals surface area contributed by atoms with Crippen LogP contribution in [-0.4, -0.2) is 31.3 Å². The molecule has 0 amide bonds. The number of carbonyl (C=O) groups is 1. The number of rotatable bonds is 5. The van der Waals surface area contributed by atoms with Gasteiger partial charge >= 0.3 is 5.97 Å². The van der Waals surface area contributed by atoms with Crippen LogP contribution in [0.4, 0.5) is 0 Å². The highest BCUT2D eigenvalue weighted by atomic mass is 16.4. The van der Waals surface area contributed by atoms with Crippen molar-refractivity contribution in [2.24, 2.45) is 11.3 Å². The Labute approximate surface area is 113 Å². The first-order chi connectivity index (χ1) is 8.96. The van der Waals surface area contributed by atoms with Crippen LogP contribution in [0.5, 0.6) is 0 Å². The van der Waals surface area contributed by atoms with Crippen LogP contribution in [0.15, 0.2) is 0 Å². The fraction of sp³-hybridized carbons (Fsp3) is 0.846. The lowest BCUT2D eigenvalue weighted by Crippen LogP contribution is -2.34. The largest absolute Gasteiger partial charge is 0.481 e. The summed E-state index contributed by atoms with van der Waals surface area (Å²) in [6.45, 7) is 6.70. The normalized spacial score (nSPS) is 19.8. The van der Waals surface area contributed by atoms with Crippen molar-refractivity contribution in [2.45, 2.75) is 58.9 Å². The zero-order valence-corrected chi connectivity index (χ0v) is 11.8. The Balaban J connectivity index is 2.24. The highest BCUT2D eigenvalue weighted by molar-refractivity contribution is 5.74. The lowest BCUT2D eigenvalue weighted by molar-refractivity contribution is -0.149. The summed E-state index contributed by atoms with van der Waals surface area (Å²) in [6, 6.07) is 0. The number of carboxylic acid groups (broad SMARTS) is 1. The number of nitrogens with zero attached hydrogens (tertiary/aromatic N) is 4. The SMILES string of the molecule is CC(C)C(C)c1nnnn1CC1(C(=O)O)CCCC1. The minimum Gasteiger partial charge on any atom is -0.481 e. The molecule has 1 aliphatic rings. The van der Waals surface area contributed by atoms with Crippen molar-refractivity contribution in [1.82, 2.24) is 20.2 Å². The molecule has 0 radical (unpaired) electrons. The van der Waals surface area contributed by atoms with Gasteiger partial charge in [-0.3, -0.25) is 4.79 Å². The Kier molecular flexibility index (Phi) is 3.87. The third-order valence-electron chi connectivity index (χ3n) is 4.43. The van der Waals surface area contributed by atoms with Gasteiger partial charge in [0, 0.05) is 5.92 Å². The molecule has 1 aromatic heterocycles. The van der Waals surface area contributed by atoms with Crippen molar-refractivity contribution in [3.63, 3.8) is 0 Å². The fourth-order valence-corrected chi connectivity index (χ4v) is 2.73. The molecule has 1 aromatic rings. The molecule has 19 heavy (non-hydrogen) atoms. The van der Waals surface area contributed by atoms with Crippen LogP contribution in [0.3, 0.4) is 0 Å². The molecule has 1 heterocycles. The number of aromatic nitrogens is 4. The molecule has 0 spiro atoms. The van der Waals surface area contributed by atoms with E-state index in [4.69, 9.17) is 0 Å². The van der Waals surface area contributed by atoms with E-state index in [1.807, 2.05) is 0 Å². The van der Waals surface area contributed by atoms with Crippen LogP contribution in [0, 0.1) is 11.3 Å². The Morgan fingerprint density at radius 3 is 2.53 bits per heavy atom. The van der Waals surface area contributed by atoms with E-state index < -0.39 is 11.4 Å². The molecule has 0 saturated heterocycles. The molecule has 2 rings (SSSR count). The second kappa shape index (κ2) is 5.27. The number of tetrazole rings is 1. The molecule has 0 aromatic carbocycles. The smallest absolute Gasteiger partial charge is 0.311 e. The lowest BCUT2D eigenvalue weighted by Gasteiger charge is -2.25. The van der Waals surface area contributed by atoms with Gasteiger partial charge in [-0.2, -0.15) is 0 Å². The van der Waals surface area contributed by atoms with E-state index in [9.17, 15) is 9.90 Å². The molecule has 1 aliphatic carbocycles. The highest BCUT2D eigenvalue weighted by Crippen LogP contribution is 2.40. The minimum atomic E-state index is -0.719. The molecule has 1 fully saturated rings. The van der Waals surface area contributed by atoms with Gasteiger partial charge in [-0.1, -0.05) is 33.6 Å². The summed E-state index contributed by atoms with van der Waals surface area (Å²) in [5.41, 5.74) is -0.680. The molecule has 0 aliphatic heterocycles. The number of hydrogen-bond donors (Lipinski definition) is 1. The quantitative estimate of drug-likeness (QED) is 0.882. The van der Waals surface area contributed by atoms with Gasteiger partial charge in [0.2, 0.25) is 0 Å². The lowest BCUT2D eigenvalue weighted by atomic mass is 9.86. The molecule has 1 unspecified atom stereocenters. The van der Waals surface area contributed by atoms with Crippen LogP contribution in [0.2, 0.25) is 0 Å². The second-order valence-electron chi connectivity index (χ2n) is 6.02. The van der Waals surface area contributed by atoms with Gasteiger partial charge in [-0.05, 0) is 29.2 Å². The topological polar surface area (TPSA) is 80.9 Å². The predicted octanol–water partition coefficient (Wildman–Crippen LogP) is 2.08. The molecular weight excluding hydrogens is 244 g/mol. The molecule has 1 N–H and O–H groups in total. The van der Waals surface area contributed by atoms with E-state index in [1.54, 1.807) is 4.68 Å². The van der Waals surface area contributed by atoms with Crippen LogP contribution in [-0.2, 0) is 11.3 Å². The Morgan fingerprint density at radius 1 is 1.37 bits per heavy atom. The number of aliphatic carboxylic acids is 1. The van der Waals surface area contributed by atoms with E-state index in [2.05, 4.69) is 36.3 Å². The maximum absolute atomic E-state index is 11.6. The highest BCUT2D eigenvalue weighted by Gasteiger charge is 2.42. The van der Waals surface area contributed by atoms with Crippen LogP contribution < -0.4 is 0 Å². The van der Waals surface area contributed by atoms with Crippen LogP contribution in [0.25, 0.3) is 0 Å². The third-order valence-corrected chi connectivity index (χ3v) is 4.43. The van der Waals surface area contributed by atoms with Gasteiger partial charge in [0.25, 0.3) is 0 Å². The van der Waals surface area contributed by atoms with Crippen molar-refractivity contribution >= 4 is 5.97 Å². The van der Waals surface area contributed by atoms with E-state index in [1.165, 1.54) is 0 Å². The standard InChI is InChI=1S/C13H22N4O2/c1-9(2)10(3)11-14-15-16-17(11)8-13(12(18)19)6-4-5-7-13/h9-10H,4-8H2,1-3H3,(H,18,19). The third kappa shape index (κ3) is 2.62. The summed E-state index contributed by atoms with van der Waals surface area (Å²) in [6.07, 6.45) is 3.39. The molecule has 0 bridgehead atoms. The summed E-state index contributed by atoms with van der Waals surface area (Å²) < 4.78 is 1.70. The van der Waals surface area contributed by atoms with E-state index in [-0.39, 0.29) is 5.92 Å². The summed E-state index contributed by atoms with van der Waals surface area (Å²) >= 11 is 0. The summed E-state index contributed by atoms with van der Waals surface area (Å²) in [5, 5.41) is 21.3. The van der Waals surface area contributed by atoms with E-state index in [0.717, 1.165) is 31.5 Å². The maximum atomic E-state index is 11.6. The van der Waals surface area contributed by atoms with Crippen LogP contribution in [0.1, 0.15) is 58.2 Å². The maximum Gasteiger partial charge on any atom is 0.311 e. The van der Waals surface area contributed by atoms with Crippen molar-refractivity contribution < 1.29 is 9.90 Å². The first-order valence-corrected chi connectivity index (χ1v) is 6.96. The molecular formula is C13H22N4O2.